The summed E-state index contributed by atoms with van der Waals surface area (Å²) in [7, 11) is 0. The molecule has 2 bridgehead atoms. The summed E-state index contributed by atoms with van der Waals surface area (Å²) in [6.07, 6.45) is 4.54. The lowest BCUT2D eigenvalue weighted by atomic mass is 9.59. The highest BCUT2D eigenvalue weighted by Crippen LogP contribution is 2.51. The van der Waals surface area contributed by atoms with Crippen LogP contribution in [0.5, 0.6) is 0 Å². The predicted octanol–water partition coefficient (Wildman–Crippen LogP) is 2.33. The molecule has 0 aromatic rings. The Labute approximate surface area is 84.6 Å². The highest BCUT2D eigenvalue weighted by Gasteiger charge is 2.45. The van der Waals surface area contributed by atoms with Crippen molar-refractivity contribution in [3.63, 3.8) is 0 Å². The SMILES string of the molecule is CC1C2C=C3OCCOC3=CC1C2C. The van der Waals surface area contributed by atoms with Crippen molar-refractivity contribution < 1.29 is 9.47 Å². The smallest absolute Gasteiger partial charge is 0.157 e. The Bertz CT molecular complexity index is 276. The van der Waals surface area contributed by atoms with E-state index in [1.54, 1.807) is 0 Å². The van der Waals surface area contributed by atoms with Gasteiger partial charge < -0.3 is 9.47 Å². The van der Waals surface area contributed by atoms with Crippen LogP contribution >= 0.6 is 0 Å². The third-order valence-corrected chi connectivity index (χ3v) is 3.96. The van der Waals surface area contributed by atoms with E-state index in [0.29, 0.717) is 25.0 Å². The molecule has 4 rings (SSSR count). The van der Waals surface area contributed by atoms with E-state index in [4.69, 9.17) is 9.47 Å². The molecule has 1 saturated heterocycles. The summed E-state index contributed by atoms with van der Waals surface area (Å²) in [5.74, 6) is 4.85. The summed E-state index contributed by atoms with van der Waals surface area (Å²) in [4.78, 5) is 0. The normalized spacial score (nSPS) is 44.4. The Hall–Kier alpha value is -0.920. The van der Waals surface area contributed by atoms with E-state index < -0.39 is 0 Å². The minimum Gasteiger partial charge on any atom is -0.486 e. The Morgan fingerprint density at radius 2 is 1.36 bits per heavy atom. The van der Waals surface area contributed by atoms with Crippen LogP contribution in [-0.4, -0.2) is 13.2 Å². The fourth-order valence-corrected chi connectivity index (χ4v) is 2.99. The Balaban J connectivity index is 1.99. The maximum Gasteiger partial charge on any atom is 0.157 e. The number of allylic oxidation sites excluding steroid dienone is 2. The third kappa shape index (κ3) is 0.969. The van der Waals surface area contributed by atoms with Crippen molar-refractivity contribution in [3.8, 4) is 0 Å². The average Bonchev–Trinajstić information content (AvgIpc) is 2.47. The van der Waals surface area contributed by atoms with Gasteiger partial charge in [0, 0.05) is 0 Å². The van der Waals surface area contributed by atoms with Crippen molar-refractivity contribution in [1.29, 1.82) is 0 Å². The van der Waals surface area contributed by atoms with Gasteiger partial charge in [-0.15, -0.1) is 0 Å². The van der Waals surface area contributed by atoms with Crippen molar-refractivity contribution in [2.45, 2.75) is 13.8 Å². The van der Waals surface area contributed by atoms with Crippen LogP contribution < -0.4 is 0 Å². The second-order valence-corrected chi connectivity index (χ2v) is 4.63. The van der Waals surface area contributed by atoms with Crippen molar-refractivity contribution in [1.82, 2.24) is 0 Å². The van der Waals surface area contributed by atoms with Gasteiger partial charge in [0.15, 0.2) is 11.5 Å². The Morgan fingerprint density at radius 1 is 0.929 bits per heavy atom. The van der Waals surface area contributed by atoms with Gasteiger partial charge in [0.25, 0.3) is 0 Å². The van der Waals surface area contributed by atoms with Gasteiger partial charge in [0.05, 0.1) is 0 Å². The van der Waals surface area contributed by atoms with Crippen molar-refractivity contribution in [3.05, 3.63) is 23.7 Å². The molecule has 0 N–H and O–H groups in total. The fraction of sp³-hybridized carbons (Fsp3) is 0.667. The molecule has 14 heavy (non-hydrogen) atoms. The topological polar surface area (TPSA) is 18.5 Å². The van der Waals surface area contributed by atoms with Crippen molar-refractivity contribution in [2.75, 3.05) is 13.2 Å². The first kappa shape index (κ1) is 8.39. The van der Waals surface area contributed by atoms with Crippen LogP contribution in [-0.2, 0) is 9.47 Å². The molecule has 2 heteroatoms. The molecule has 1 heterocycles. The van der Waals surface area contributed by atoms with E-state index in [9.17, 15) is 0 Å². The zero-order valence-electron chi connectivity index (χ0n) is 8.69. The summed E-state index contributed by atoms with van der Waals surface area (Å²) < 4.78 is 11.2. The molecule has 3 aliphatic carbocycles. The predicted molar refractivity (Wildman–Crippen MR) is 53.4 cm³/mol. The quantitative estimate of drug-likeness (QED) is 0.586. The molecule has 0 radical (unpaired) electrons. The molecule has 2 nitrogen and oxygen atoms in total. The molecule has 4 aliphatic rings. The fourth-order valence-electron chi connectivity index (χ4n) is 2.99. The highest BCUT2D eigenvalue weighted by atomic mass is 16.6. The van der Waals surface area contributed by atoms with Gasteiger partial charge in [0.2, 0.25) is 0 Å². The van der Waals surface area contributed by atoms with Crippen LogP contribution in [0.3, 0.4) is 0 Å². The number of rotatable bonds is 0. The molecule has 1 aliphatic heterocycles. The van der Waals surface area contributed by atoms with E-state index in [-0.39, 0.29) is 0 Å². The molecule has 76 valence electrons. The van der Waals surface area contributed by atoms with Crippen LogP contribution in [0.1, 0.15) is 13.8 Å². The lowest BCUT2D eigenvalue weighted by molar-refractivity contribution is 0.0590. The van der Waals surface area contributed by atoms with Crippen molar-refractivity contribution >= 4 is 0 Å². The molecule has 0 aromatic heterocycles. The molecule has 1 saturated carbocycles. The molecule has 0 atom stereocenters. The second-order valence-electron chi connectivity index (χ2n) is 4.63. The zero-order chi connectivity index (χ0) is 9.71. The Kier molecular flexibility index (Phi) is 1.67. The molecular formula is C12H16O2. The molecule has 0 amide bonds. The Morgan fingerprint density at radius 3 is 1.79 bits per heavy atom. The van der Waals surface area contributed by atoms with E-state index in [1.165, 1.54) is 0 Å². The van der Waals surface area contributed by atoms with Crippen LogP contribution in [0.25, 0.3) is 0 Å². The van der Waals surface area contributed by atoms with Crippen LogP contribution in [0.15, 0.2) is 23.7 Å². The maximum atomic E-state index is 5.62. The summed E-state index contributed by atoms with van der Waals surface area (Å²) in [5.41, 5.74) is 0. The number of hydrogen-bond donors (Lipinski definition) is 0. The standard InChI is InChI=1S/C12H16O2/c1-7-9-5-11-12(14-4-3-13-11)6-10(7)8(9)2/h5-10H,3-4H2,1-2H3. The zero-order valence-corrected chi connectivity index (χ0v) is 8.69. The molecule has 0 spiro atoms. The second kappa shape index (κ2) is 2.78. The van der Waals surface area contributed by atoms with Gasteiger partial charge in [0.1, 0.15) is 13.2 Å². The first-order chi connectivity index (χ1) is 6.77. The lowest BCUT2D eigenvalue weighted by Crippen LogP contribution is -2.40. The molecule has 0 aromatic carbocycles. The maximum absolute atomic E-state index is 5.62. The summed E-state index contributed by atoms with van der Waals surface area (Å²) >= 11 is 0. The monoisotopic (exact) mass is 192 g/mol. The molecule has 0 unspecified atom stereocenters. The first-order valence-electron chi connectivity index (χ1n) is 5.47. The van der Waals surface area contributed by atoms with Gasteiger partial charge >= 0.3 is 0 Å². The largest absolute Gasteiger partial charge is 0.486 e. The van der Waals surface area contributed by atoms with E-state index in [1.807, 2.05) is 0 Å². The average molecular weight is 192 g/mol. The highest BCUT2D eigenvalue weighted by molar-refractivity contribution is 5.30. The number of hydrogen-bond acceptors (Lipinski definition) is 2. The van der Waals surface area contributed by atoms with Gasteiger partial charge in [-0.05, 0) is 35.8 Å². The van der Waals surface area contributed by atoms with Crippen LogP contribution in [0.4, 0.5) is 0 Å². The van der Waals surface area contributed by atoms with E-state index in [2.05, 4.69) is 26.0 Å². The summed E-state index contributed by atoms with van der Waals surface area (Å²) in [6.45, 7) is 6.04. The summed E-state index contributed by atoms with van der Waals surface area (Å²) in [5, 5.41) is 0. The minimum atomic E-state index is 0.686. The van der Waals surface area contributed by atoms with Gasteiger partial charge in [-0.1, -0.05) is 13.8 Å². The summed E-state index contributed by atoms with van der Waals surface area (Å²) in [6, 6.07) is 0. The van der Waals surface area contributed by atoms with Gasteiger partial charge in [-0.3, -0.25) is 0 Å². The first-order valence-corrected chi connectivity index (χ1v) is 5.47. The molecule has 2 fully saturated rings. The lowest BCUT2D eigenvalue weighted by Gasteiger charge is -2.45. The minimum absolute atomic E-state index is 0.686. The third-order valence-electron chi connectivity index (χ3n) is 3.96. The van der Waals surface area contributed by atoms with Crippen molar-refractivity contribution in [2.24, 2.45) is 23.7 Å². The molecular weight excluding hydrogens is 176 g/mol. The van der Waals surface area contributed by atoms with E-state index in [0.717, 1.165) is 23.4 Å². The van der Waals surface area contributed by atoms with E-state index >= 15 is 0 Å². The van der Waals surface area contributed by atoms with Gasteiger partial charge in [-0.25, -0.2) is 0 Å². The van der Waals surface area contributed by atoms with Crippen LogP contribution in [0.2, 0.25) is 0 Å². The van der Waals surface area contributed by atoms with Gasteiger partial charge in [-0.2, -0.15) is 0 Å². The number of ether oxygens (including phenoxy) is 2. The van der Waals surface area contributed by atoms with Crippen LogP contribution in [0, 0.1) is 23.7 Å².